The van der Waals surface area contributed by atoms with Gasteiger partial charge >= 0.3 is 0 Å². The van der Waals surface area contributed by atoms with Crippen LogP contribution in [-0.2, 0) is 11.3 Å². The van der Waals surface area contributed by atoms with E-state index in [1.54, 1.807) is 6.08 Å². The number of hydrogen-bond acceptors (Lipinski definition) is 3. The molecule has 0 saturated carbocycles. The van der Waals surface area contributed by atoms with Gasteiger partial charge in [0.15, 0.2) is 0 Å². The lowest BCUT2D eigenvalue weighted by molar-refractivity contribution is -0.116. The van der Waals surface area contributed by atoms with Gasteiger partial charge in [-0.1, -0.05) is 54.6 Å². The third-order valence-corrected chi connectivity index (χ3v) is 4.54. The van der Waals surface area contributed by atoms with Crippen molar-refractivity contribution in [3.8, 4) is 11.5 Å². The second-order valence-electron chi connectivity index (χ2n) is 6.68. The van der Waals surface area contributed by atoms with E-state index in [9.17, 15) is 4.79 Å². The molecule has 0 fully saturated rings. The van der Waals surface area contributed by atoms with Crippen molar-refractivity contribution in [2.24, 2.45) is 0 Å². The van der Waals surface area contributed by atoms with Crippen molar-refractivity contribution in [3.05, 3.63) is 102 Å². The van der Waals surface area contributed by atoms with E-state index in [4.69, 9.17) is 9.47 Å². The molecule has 0 aliphatic rings. The Hall–Kier alpha value is -3.53. The van der Waals surface area contributed by atoms with Gasteiger partial charge < -0.3 is 14.8 Å². The Bertz CT molecular complexity index is 910. The first kappa shape index (κ1) is 21.2. The highest BCUT2D eigenvalue weighted by Crippen LogP contribution is 2.27. The fourth-order valence-corrected chi connectivity index (χ4v) is 3.10. The summed E-state index contributed by atoms with van der Waals surface area (Å²) in [5, 5.41) is 2.97. The largest absolute Gasteiger partial charge is 0.494 e. The lowest BCUT2D eigenvalue weighted by Gasteiger charge is -2.12. The maximum Gasteiger partial charge on any atom is 0.244 e. The summed E-state index contributed by atoms with van der Waals surface area (Å²) in [6, 6.07) is 25.4. The van der Waals surface area contributed by atoms with Gasteiger partial charge in [0.25, 0.3) is 0 Å². The number of rotatable bonds is 9. The fourth-order valence-electron chi connectivity index (χ4n) is 3.10. The minimum absolute atomic E-state index is 0.142. The van der Waals surface area contributed by atoms with Gasteiger partial charge in [0.05, 0.1) is 13.2 Å². The molecule has 0 unspecified atom stereocenters. The molecule has 0 atom stereocenters. The number of carbonyl (C=O) groups excluding carboxylic acids is 1. The predicted molar refractivity (Wildman–Crippen MR) is 121 cm³/mol. The molecular formula is C26H27NO3. The second-order valence-corrected chi connectivity index (χ2v) is 6.68. The normalized spacial score (nSPS) is 10.2. The van der Waals surface area contributed by atoms with Gasteiger partial charge in [-0.05, 0) is 60.4 Å². The molecule has 0 bridgehead atoms. The first-order valence-electron chi connectivity index (χ1n) is 10.2. The molecule has 1 amide bonds. The van der Waals surface area contributed by atoms with Gasteiger partial charge in [0, 0.05) is 12.6 Å². The van der Waals surface area contributed by atoms with Gasteiger partial charge in [-0.25, -0.2) is 0 Å². The van der Waals surface area contributed by atoms with Crippen LogP contribution in [0.5, 0.6) is 11.5 Å². The van der Waals surface area contributed by atoms with E-state index in [0.29, 0.717) is 19.8 Å². The molecule has 30 heavy (non-hydrogen) atoms. The van der Waals surface area contributed by atoms with E-state index in [0.717, 1.165) is 33.8 Å². The minimum atomic E-state index is -0.142. The van der Waals surface area contributed by atoms with Crippen molar-refractivity contribution >= 4 is 11.5 Å². The smallest absolute Gasteiger partial charge is 0.244 e. The molecule has 3 aromatic rings. The summed E-state index contributed by atoms with van der Waals surface area (Å²) in [4.78, 5) is 12.7. The molecule has 0 aliphatic carbocycles. The van der Waals surface area contributed by atoms with Crippen molar-refractivity contribution in [2.75, 3.05) is 13.2 Å². The summed E-state index contributed by atoms with van der Waals surface area (Å²) in [6.45, 7) is 5.62. The first-order valence-corrected chi connectivity index (χ1v) is 10.2. The Morgan fingerprint density at radius 2 is 1.27 bits per heavy atom. The number of benzene rings is 3. The third-order valence-electron chi connectivity index (χ3n) is 4.54. The monoisotopic (exact) mass is 401 g/mol. The molecule has 4 nitrogen and oxygen atoms in total. The van der Waals surface area contributed by atoms with Crippen LogP contribution < -0.4 is 14.8 Å². The van der Waals surface area contributed by atoms with E-state index >= 15 is 0 Å². The van der Waals surface area contributed by atoms with Crippen LogP contribution in [-0.4, -0.2) is 19.1 Å². The Kier molecular flexibility index (Phi) is 7.67. The van der Waals surface area contributed by atoms with Crippen LogP contribution in [0.3, 0.4) is 0 Å². The molecule has 1 N–H and O–H groups in total. The van der Waals surface area contributed by atoms with Crippen molar-refractivity contribution < 1.29 is 14.3 Å². The molecule has 154 valence electrons. The van der Waals surface area contributed by atoms with Gasteiger partial charge in [-0.15, -0.1) is 0 Å². The standard InChI is InChI=1S/C26H27NO3/c1-3-29-23-14-10-21(11-15-23)25(22-12-16-24(17-13-22)30-4-2)18-26(28)27-19-20-8-6-5-7-9-20/h5-18H,3-4,19H2,1-2H3,(H,27,28). The summed E-state index contributed by atoms with van der Waals surface area (Å²) in [5.74, 6) is 1.47. The zero-order chi connectivity index (χ0) is 21.2. The molecule has 0 aromatic heterocycles. The zero-order valence-corrected chi connectivity index (χ0v) is 17.4. The maximum absolute atomic E-state index is 12.7. The van der Waals surface area contributed by atoms with E-state index < -0.39 is 0 Å². The SMILES string of the molecule is CCOc1ccc(C(=CC(=O)NCc2ccccc2)c2ccc(OCC)cc2)cc1. The van der Waals surface area contributed by atoms with E-state index in [-0.39, 0.29) is 5.91 Å². The minimum Gasteiger partial charge on any atom is -0.494 e. The van der Waals surface area contributed by atoms with Crippen molar-refractivity contribution in [1.82, 2.24) is 5.32 Å². The van der Waals surface area contributed by atoms with Crippen LogP contribution in [0.1, 0.15) is 30.5 Å². The van der Waals surface area contributed by atoms with Crippen molar-refractivity contribution in [3.63, 3.8) is 0 Å². The molecule has 0 spiro atoms. The average Bonchev–Trinajstić information content (AvgIpc) is 2.79. The topological polar surface area (TPSA) is 47.6 Å². The Morgan fingerprint density at radius 1 is 0.767 bits per heavy atom. The Morgan fingerprint density at radius 3 is 1.73 bits per heavy atom. The summed E-state index contributed by atoms with van der Waals surface area (Å²) >= 11 is 0. The van der Waals surface area contributed by atoms with Crippen LogP contribution >= 0.6 is 0 Å². The third kappa shape index (κ3) is 5.98. The van der Waals surface area contributed by atoms with E-state index in [1.807, 2.05) is 92.7 Å². The number of nitrogens with one attached hydrogen (secondary N) is 1. The Labute approximate surface area is 178 Å². The average molecular weight is 402 g/mol. The summed E-state index contributed by atoms with van der Waals surface area (Å²) in [5.41, 5.74) is 3.78. The quantitative estimate of drug-likeness (QED) is 0.499. The van der Waals surface area contributed by atoms with Crippen LogP contribution in [0, 0.1) is 0 Å². The summed E-state index contributed by atoms with van der Waals surface area (Å²) < 4.78 is 11.1. The highest BCUT2D eigenvalue weighted by molar-refractivity contribution is 5.99. The molecular weight excluding hydrogens is 374 g/mol. The molecule has 3 rings (SSSR count). The molecule has 0 saturated heterocycles. The lowest BCUT2D eigenvalue weighted by atomic mass is 9.97. The highest BCUT2D eigenvalue weighted by Gasteiger charge is 2.09. The number of carbonyl (C=O) groups is 1. The number of amides is 1. The lowest BCUT2D eigenvalue weighted by Crippen LogP contribution is -2.20. The van der Waals surface area contributed by atoms with E-state index in [1.165, 1.54) is 0 Å². The predicted octanol–water partition coefficient (Wildman–Crippen LogP) is 5.23. The van der Waals surface area contributed by atoms with Gasteiger partial charge in [-0.2, -0.15) is 0 Å². The van der Waals surface area contributed by atoms with Crippen LogP contribution in [0.2, 0.25) is 0 Å². The maximum atomic E-state index is 12.7. The second kappa shape index (κ2) is 10.9. The van der Waals surface area contributed by atoms with Crippen molar-refractivity contribution in [2.45, 2.75) is 20.4 Å². The Balaban J connectivity index is 1.85. The molecule has 3 aromatic carbocycles. The highest BCUT2D eigenvalue weighted by atomic mass is 16.5. The van der Waals surface area contributed by atoms with E-state index in [2.05, 4.69) is 5.32 Å². The first-order chi connectivity index (χ1) is 14.7. The summed E-state index contributed by atoms with van der Waals surface area (Å²) in [7, 11) is 0. The molecule has 4 heteroatoms. The van der Waals surface area contributed by atoms with Gasteiger partial charge in [-0.3, -0.25) is 4.79 Å². The van der Waals surface area contributed by atoms with Crippen LogP contribution in [0.4, 0.5) is 0 Å². The van der Waals surface area contributed by atoms with Crippen molar-refractivity contribution in [1.29, 1.82) is 0 Å². The van der Waals surface area contributed by atoms with Crippen LogP contribution in [0.25, 0.3) is 5.57 Å². The number of ether oxygens (including phenoxy) is 2. The fraction of sp³-hybridized carbons (Fsp3) is 0.192. The van der Waals surface area contributed by atoms with Crippen LogP contribution in [0.15, 0.2) is 84.9 Å². The molecule has 0 heterocycles. The number of hydrogen-bond donors (Lipinski definition) is 1. The molecule has 0 radical (unpaired) electrons. The van der Waals surface area contributed by atoms with Gasteiger partial charge in [0.1, 0.15) is 11.5 Å². The summed E-state index contributed by atoms with van der Waals surface area (Å²) in [6.07, 6.45) is 1.65. The van der Waals surface area contributed by atoms with Gasteiger partial charge in [0.2, 0.25) is 5.91 Å². The zero-order valence-electron chi connectivity index (χ0n) is 17.4. The molecule has 0 aliphatic heterocycles.